The number of pyridine rings is 1. The molecule has 0 aliphatic rings. The summed E-state index contributed by atoms with van der Waals surface area (Å²) < 4.78 is 5.29. The molecule has 2 aromatic rings. The van der Waals surface area contributed by atoms with Gasteiger partial charge >= 0.3 is 0 Å². The van der Waals surface area contributed by atoms with Crippen molar-refractivity contribution in [3.63, 3.8) is 0 Å². The number of aromatic nitrogens is 1. The van der Waals surface area contributed by atoms with E-state index in [1.807, 2.05) is 13.0 Å². The van der Waals surface area contributed by atoms with E-state index in [2.05, 4.69) is 16.8 Å². The van der Waals surface area contributed by atoms with Crippen molar-refractivity contribution in [1.82, 2.24) is 9.88 Å². The van der Waals surface area contributed by atoms with Crippen LogP contribution >= 0.6 is 0 Å². The van der Waals surface area contributed by atoms with Gasteiger partial charge in [0.15, 0.2) is 0 Å². The zero-order chi connectivity index (χ0) is 15.1. The molecule has 5 heteroatoms. The number of rotatable bonds is 4. The Morgan fingerprint density at radius 3 is 2.95 bits per heavy atom. The molecule has 2 aromatic heterocycles. The normalized spacial score (nSPS) is 9.81. The fraction of sp³-hybridized carbons (Fsp3) is 0.250. The topological polar surface area (TPSA) is 72.4 Å². The second-order valence-electron chi connectivity index (χ2n) is 4.30. The van der Waals surface area contributed by atoms with Crippen molar-refractivity contribution in [3.8, 4) is 11.8 Å². The monoisotopic (exact) mass is 283 g/mol. The summed E-state index contributed by atoms with van der Waals surface area (Å²) in [6.07, 6.45) is 3.17. The van der Waals surface area contributed by atoms with Gasteiger partial charge in [-0.25, -0.2) is 4.98 Å². The van der Waals surface area contributed by atoms with Gasteiger partial charge in [0.05, 0.1) is 24.9 Å². The Kier molecular flexibility index (Phi) is 5.13. The predicted molar refractivity (Wildman–Crippen MR) is 79.3 cm³/mol. The van der Waals surface area contributed by atoms with E-state index in [4.69, 9.17) is 10.2 Å². The summed E-state index contributed by atoms with van der Waals surface area (Å²) >= 11 is 0. The fourth-order valence-corrected chi connectivity index (χ4v) is 1.89. The summed E-state index contributed by atoms with van der Waals surface area (Å²) in [4.78, 5) is 18.4. The van der Waals surface area contributed by atoms with E-state index < -0.39 is 0 Å². The largest absolute Gasteiger partial charge is 0.467 e. The van der Waals surface area contributed by atoms with Crippen molar-refractivity contribution in [2.24, 2.45) is 5.73 Å². The molecular weight excluding hydrogens is 266 g/mol. The van der Waals surface area contributed by atoms with Gasteiger partial charge < -0.3 is 15.1 Å². The molecule has 0 atom stereocenters. The molecule has 0 unspecified atom stereocenters. The van der Waals surface area contributed by atoms with Crippen LogP contribution in [0.4, 0.5) is 0 Å². The second-order valence-corrected chi connectivity index (χ2v) is 4.30. The number of nitrogens with two attached hydrogens (primary N) is 1. The lowest BCUT2D eigenvalue weighted by Gasteiger charge is -2.19. The predicted octanol–water partition coefficient (Wildman–Crippen LogP) is 1.65. The molecule has 0 saturated heterocycles. The summed E-state index contributed by atoms with van der Waals surface area (Å²) in [6.45, 7) is 3.12. The second kappa shape index (κ2) is 7.27. The van der Waals surface area contributed by atoms with Crippen LogP contribution < -0.4 is 5.73 Å². The number of carbonyl (C=O) groups excluding carboxylic acids is 1. The van der Waals surface area contributed by atoms with Gasteiger partial charge in [-0.15, -0.1) is 0 Å². The highest BCUT2D eigenvalue weighted by atomic mass is 16.3. The van der Waals surface area contributed by atoms with E-state index in [-0.39, 0.29) is 12.5 Å². The van der Waals surface area contributed by atoms with E-state index in [9.17, 15) is 4.79 Å². The smallest absolute Gasteiger partial charge is 0.274 e. The molecule has 2 N–H and O–H groups in total. The molecule has 1 amide bonds. The molecule has 0 radical (unpaired) electrons. The maximum absolute atomic E-state index is 12.6. The molecule has 0 fully saturated rings. The lowest BCUT2D eigenvalue weighted by atomic mass is 10.1. The van der Waals surface area contributed by atoms with Gasteiger partial charge in [-0.05, 0) is 31.2 Å². The minimum Gasteiger partial charge on any atom is -0.467 e. The summed E-state index contributed by atoms with van der Waals surface area (Å²) in [5, 5.41) is 0. The van der Waals surface area contributed by atoms with E-state index >= 15 is 0 Å². The van der Waals surface area contributed by atoms with Crippen molar-refractivity contribution < 1.29 is 9.21 Å². The zero-order valence-corrected chi connectivity index (χ0v) is 11.9. The van der Waals surface area contributed by atoms with Crippen molar-refractivity contribution >= 4 is 5.91 Å². The van der Waals surface area contributed by atoms with Crippen LogP contribution in [-0.2, 0) is 6.54 Å². The van der Waals surface area contributed by atoms with Crippen LogP contribution in [0.5, 0.6) is 0 Å². The van der Waals surface area contributed by atoms with E-state index in [1.54, 1.807) is 35.6 Å². The standard InChI is InChI=1S/C16H17N3O2/c1-2-19(12-14-8-5-11-21-14)16(20)15-13(6-3-9-17)7-4-10-18-15/h4-5,7-8,10-11H,2,9,12,17H2,1H3. The van der Waals surface area contributed by atoms with Crippen molar-refractivity contribution in [3.05, 3.63) is 53.7 Å². The Labute approximate surface area is 123 Å². The average molecular weight is 283 g/mol. The zero-order valence-electron chi connectivity index (χ0n) is 11.9. The van der Waals surface area contributed by atoms with Crippen LogP contribution in [0.1, 0.15) is 28.7 Å². The first-order valence-corrected chi connectivity index (χ1v) is 6.71. The van der Waals surface area contributed by atoms with Crippen molar-refractivity contribution in [2.45, 2.75) is 13.5 Å². The first-order valence-electron chi connectivity index (χ1n) is 6.71. The quantitative estimate of drug-likeness (QED) is 0.866. The van der Waals surface area contributed by atoms with Crippen LogP contribution in [0.2, 0.25) is 0 Å². The van der Waals surface area contributed by atoms with Gasteiger partial charge in [0.25, 0.3) is 5.91 Å². The van der Waals surface area contributed by atoms with Gasteiger partial charge in [-0.1, -0.05) is 11.8 Å². The van der Waals surface area contributed by atoms with Gasteiger partial charge in [0, 0.05) is 12.7 Å². The molecule has 0 aliphatic heterocycles. The van der Waals surface area contributed by atoms with Crippen LogP contribution in [0.25, 0.3) is 0 Å². The van der Waals surface area contributed by atoms with E-state index in [0.29, 0.717) is 24.3 Å². The number of hydrogen-bond donors (Lipinski definition) is 1. The Morgan fingerprint density at radius 2 is 2.29 bits per heavy atom. The Morgan fingerprint density at radius 1 is 1.43 bits per heavy atom. The van der Waals surface area contributed by atoms with Gasteiger partial charge in [-0.2, -0.15) is 0 Å². The average Bonchev–Trinajstić information content (AvgIpc) is 3.03. The van der Waals surface area contributed by atoms with E-state index in [0.717, 1.165) is 5.76 Å². The van der Waals surface area contributed by atoms with Crippen LogP contribution in [-0.4, -0.2) is 28.9 Å². The van der Waals surface area contributed by atoms with Crippen molar-refractivity contribution in [2.75, 3.05) is 13.1 Å². The van der Waals surface area contributed by atoms with Crippen LogP contribution in [0, 0.1) is 11.8 Å². The lowest BCUT2D eigenvalue weighted by Crippen LogP contribution is -2.31. The number of amides is 1. The molecular formula is C16H17N3O2. The Bertz CT molecular complexity index is 654. The molecule has 0 spiro atoms. The molecule has 108 valence electrons. The molecule has 21 heavy (non-hydrogen) atoms. The molecule has 2 rings (SSSR count). The van der Waals surface area contributed by atoms with Crippen molar-refractivity contribution in [1.29, 1.82) is 0 Å². The molecule has 0 aliphatic carbocycles. The Hall–Kier alpha value is -2.58. The summed E-state index contributed by atoms with van der Waals surface area (Å²) in [5.41, 5.74) is 6.31. The molecule has 0 bridgehead atoms. The molecule has 2 heterocycles. The third kappa shape index (κ3) is 3.71. The minimum atomic E-state index is -0.171. The van der Waals surface area contributed by atoms with Crippen LogP contribution in [0.3, 0.4) is 0 Å². The third-order valence-corrected chi connectivity index (χ3v) is 2.93. The highest BCUT2D eigenvalue weighted by molar-refractivity contribution is 5.94. The number of nitrogens with zero attached hydrogens (tertiary/aromatic N) is 2. The van der Waals surface area contributed by atoms with E-state index in [1.165, 1.54) is 0 Å². The number of carbonyl (C=O) groups is 1. The molecule has 0 saturated carbocycles. The highest BCUT2D eigenvalue weighted by Crippen LogP contribution is 2.12. The van der Waals surface area contributed by atoms with Gasteiger partial charge in [-0.3, -0.25) is 4.79 Å². The number of hydrogen-bond acceptors (Lipinski definition) is 4. The summed E-state index contributed by atoms with van der Waals surface area (Å²) in [5.74, 6) is 6.20. The first-order chi connectivity index (χ1) is 10.3. The summed E-state index contributed by atoms with van der Waals surface area (Å²) in [7, 11) is 0. The third-order valence-electron chi connectivity index (χ3n) is 2.93. The van der Waals surface area contributed by atoms with Crippen LogP contribution in [0.15, 0.2) is 41.1 Å². The summed E-state index contributed by atoms with van der Waals surface area (Å²) in [6, 6.07) is 7.15. The van der Waals surface area contributed by atoms with Gasteiger partial charge in [0.2, 0.25) is 0 Å². The SMILES string of the molecule is CCN(Cc1ccco1)C(=O)c1ncccc1C#CCN. The first kappa shape index (κ1) is 14.8. The Balaban J connectivity index is 2.25. The number of furan rings is 1. The minimum absolute atomic E-state index is 0.171. The molecule has 0 aromatic carbocycles. The highest BCUT2D eigenvalue weighted by Gasteiger charge is 2.19. The molecule has 5 nitrogen and oxygen atoms in total. The maximum Gasteiger partial charge on any atom is 0.274 e. The van der Waals surface area contributed by atoms with Gasteiger partial charge in [0.1, 0.15) is 11.5 Å². The lowest BCUT2D eigenvalue weighted by molar-refractivity contribution is 0.0735. The maximum atomic E-state index is 12.6. The fourth-order valence-electron chi connectivity index (χ4n) is 1.89.